The lowest BCUT2D eigenvalue weighted by Crippen LogP contribution is -2.15. The van der Waals surface area contributed by atoms with Crippen molar-refractivity contribution in [3.8, 4) is 0 Å². The third kappa shape index (κ3) is 3.66. The Morgan fingerprint density at radius 1 is 1.21 bits per heavy atom. The molecule has 0 heterocycles. The molecule has 2 aromatic rings. The highest BCUT2D eigenvalue weighted by Gasteiger charge is 2.27. The molecule has 2 rings (SSSR count). The number of nitrogens with zero attached hydrogens (tertiary/aromatic N) is 1. The van der Waals surface area contributed by atoms with Gasteiger partial charge in [0.1, 0.15) is 5.82 Å². The Morgan fingerprint density at radius 3 is 2.38 bits per heavy atom. The fourth-order valence-electron chi connectivity index (χ4n) is 1.86. The number of ether oxygens (including phenoxy) is 1. The van der Waals surface area contributed by atoms with Gasteiger partial charge in [-0.15, -0.1) is 0 Å². The summed E-state index contributed by atoms with van der Waals surface area (Å²) in [6.07, 6.45) is 0. The van der Waals surface area contributed by atoms with Gasteiger partial charge in [-0.05, 0) is 36.4 Å². The Morgan fingerprint density at radius 2 is 1.83 bits per heavy atom. The molecule has 0 amide bonds. The lowest BCUT2D eigenvalue weighted by atomic mass is 10.2. The summed E-state index contributed by atoms with van der Waals surface area (Å²) in [4.78, 5) is 21.0. The summed E-state index contributed by atoms with van der Waals surface area (Å²) in [5.74, 6) is -1.40. The van der Waals surface area contributed by atoms with E-state index in [1.54, 1.807) is 0 Å². The zero-order chi connectivity index (χ0) is 17.9. The van der Waals surface area contributed by atoms with Gasteiger partial charge in [-0.2, -0.15) is 0 Å². The molecule has 0 aliphatic carbocycles. The minimum Gasteiger partial charge on any atom is -0.465 e. The molecule has 0 atom stereocenters. The molecule has 0 saturated carbocycles. The van der Waals surface area contributed by atoms with Crippen LogP contribution in [0.1, 0.15) is 10.4 Å². The van der Waals surface area contributed by atoms with E-state index in [0.29, 0.717) is 0 Å². The molecule has 0 unspecified atom stereocenters. The Balaban J connectivity index is 2.47. The van der Waals surface area contributed by atoms with Crippen LogP contribution in [0.2, 0.25) is 0 Å². The second-order valence-electron chi connectivity index (χ2n) is 4.54. The summed E-state index contributed by atoms with van der Waals surface area (Å²) in [6, 6.07) is 7.24. The van der Waals surface area contributed by atoms with E-state index in [1.165, 1.54) is 12.1 Å². The van der Waals surface area contributed by atoms with Gasteiger partial charge in [-0.1, -0.05) is 0 Å². The molecule has 8 nitrogen and oxygen atoms in total. The van der Waals surface area contributed by atoms with Crippen molar-refractivity contribution < 1.29 is 27.3 Å². The van der Waals surface area contributed by atoms with E-state index < -0.39 is 37.3 Å². The van der Waals surface area contributed by atoms with Gasteiger partial charge < -0.3 is 4.74 Å². The fraction of sp³-hybridized carbons (Fsp3) is 0.0714. The maximum atomic E-state index is 12.9. The van der Waals surface area contributed by atoms with Crippen LogP contribution < -0.4 is 4.72 Å². The number of hydrogen-bond donors (Lipinski definition) is 1. The zero-order valence-corrected chi connectivity index (χ0v) is 13.0. The van der Waals surface area contributed by atoms with Crippen molar-refractivity contribution in [3.63, 3.8) is 0 Å². The normalized spacial score (nSPS) is 10.9. The van der Waals surface area contributed by atoms with Crippen molar-refractivity contribution >= 4 is 27.4 Å². The standard InChI is InChI=1S/C14H11FN2O6S/c1-23-14(18)9-2-7-13(12(8-9)17(19)20)24(21,22)16-11-5-3-10(15)4-6-11/h2-8,16H,1H3. The number of benzene rings is 2. The Hall–Kier alpha value is -3.01. The van der Waals surface area contributed by atoms with Gasteiger partial charge in [0.2, 0.25) is 0 Å². The highest BCUT2D eigenvalue weighted by Crippen LogP contribution is 2.27. The highest BCUT2D eigenvalue weighted by atomic mass is 32.2. The molecule has 0 fully saturated rings. The minimum atomic E-state index is -4.32. The molecule has 0 radical (unpaired) electrons. The quantitative estimate of drug-likeness (QED) is 0.500. The van der Waals surface area contributed by atoms with Crippen LogP contribution in [-0.2, 0) is 14.8 Å². The van der Waals surface area contributed by atoms with Crippen LogP contribution in [-0.4, -0.2) is 26.4 Å². The van der Waals surface area contributed by atoms with Crippen LogP contribution in [0.3, 0.4) is 0 Å². The predicted octanol–water partition coefficient (Wildman–Crippen LogP) is 2.32. The first-order valence-electron chi connectivity index (χ1n) is 6.40. The number of sulfonamides is 1. The third-order valence-corrected chi connectivity index (χ3v) is 4.39. The maximum absolute atomic E-state index is 12.9. The van der Waals surface area contributed by atoms with Gasteiger partial charge >= 0.3 is 5.97 Å². The first-order valence-corrected chi connectivity index (χ1v) is 7.88. The van der Waals surface area contributed by atoms with Gasteiger partial charge in [-0.25, -0.2) is 17.6 Å². The van der Waals surface area contributed by atoms with Crippen LogP contribution in [0.4, 0.5) is 15.8 Å². The van der Waals surface area contributed by atoms with E-state index in [-0.39, 0.29) is 11.3 Å². The van der Waals surface area contributed by atoms with Crippen LogP contribution in [0.25, 0.3) is 0 Å². The second-order valence-corrected chi connectivity index (χ2v) is 6.19. The average molecular weight is 354 g/mol. The monoisotopic (exact) mass is 354 g/mol. The summed E-state index contributed by atoms with van der Waals surface area (Å²) in [7, 11) is -3.23. The summed E-state index contributed by atoms with van der Waals surface area (Å²) < 4.78 is 44.1. The first-order chi connectivity index (χ1) is 11.2. The molecule has 0 aliphatic rings. The molecular formula is C14H11FN2O6S. The number of nitro benzene ring substituents is 1. The maximum Gasteiger partial charge on any atom is 0.338 e. The van der Waals surface area contributed by atoms with Gasteiger partial charge in [-0.3, -0.25) is 14.8 Å². The zero-order valence-electron chi connectivity index (χ0n) is 12.2. The number of nitrogens with one attached hydrogen (secondary N) is 1. The van der Waals surface area contributed by atoms with E-state index in [1.807, 2.05) is 0 Å². The number of methoxy groups -OCH3 is 1. The molecular weight excluding hydrogens is 343 g/mol. The summed E-state index contributed by atoms with van der Waals surface area (Å²) >= 11 is 0. The van der Waals surface area contributed by atoms with Crippen LogP contribution in [0, 0.1) is 15.9 Å². The van der Waals surface area contributed by atoms with Gasteiger partial charge in [0.15, 0.2) is 4.90 Å². The summed E-state index contributed by atoms with van der Waals surface area (Å²) in [5, 5.41) is 11.1. The SMILES string of the molecule is COC(=O)c1ccc(S(=O)(=O)Nc2ccc(F)cc2)c([N+](=O)[O-])c1. The van der Waals surface area contributed by atoms with Gasteiger partial charge in [0.05, 0.1) is 17.6 Å². The van der Waals surface area contributed by atoms with E-state index in [2.05, 4.69) is 9.46 Å². The molecule has 0 spiro atoms. The number of anilines is 1. The lowest BCUT2D eigenvalue weighted by molar-refractivity contribution is -0.387. The molecule has 0 bridgehead atoms. The van der Waals surface area contributed by atoms with E-state index in [0.717, 1.165) is 37.4 Å². The molecule has 24 heavy (non-hydrogen) atoms. The van der Waals surface area contributed by atoms with Gasteiger partial charge in [0.25, 0.3) is 15.7 Å². The molecule has 126 valence electrons. The molecule has 10 heteroatoms. The molecule has 0 aromatic heterocycles. The van der Waals surface area contributed by atoms with E-state index in [9.17, 15) is 27.7 Å². The van der Waals surface area contributed by atoms with Crippen molar-refractivity contribution in [1.29, 1.82) is 0 Å². The Bertz CT molecular complexity index is 896. The van der Waals surface area contributed by atoms with Crippen molar-refractivity contribution in [1.82, 2.24) is 0 Å². The number of rotatable bonds is 5. The first kappa shape index (κ1) is 17.3. The van der Waals surface area contributed by atoms with Crippen LogP contribution in [0.15, 0.2) is 47.4 Å². The van der Waals surface area contributed by atoms with Crippen molar-refractivity contribution in [2.75, 3.05) is 11.8 Å². The fourth-order valence-corrected chi connectivity index (χ4v) is 3.07. The molecule has 1 N–H and O–H groups in total. The lowest BCUT2D eigenvalue weighted by Gasteiger charge is -2.09. The van der Waals surface area contributed by atoms with Crippen LogP contribution >= 0.6 is 0 Å². The van der Waals surface area contributed by atoms with Crippen molar-refractivity contribution in [2.24, 2.45) is 0 Å². The molecule has 0 aliphatic heterocycles. The number of nitro groups is 1. The van der Waals surface area contributed by atoms with E-state index in [4.69, 9.17) is 0 Å². The Kier molecular flexibility index (Phi) is 4.79. The number of hydrogen-bond acceptors (Lipinski definition) is 6. The largest absolute Gasteiger partial charge is 0.465 e. The predicted molar refractivity (Wildman–Crippen MR) is 81.6 cm³/mol. The number of esters is 1. The average Bonchev–Trinajstić information content (AvgIpc) is 2.55. The smallest absolute Gasteiger partial charge is 0.338 e. The summed E-state index contributed by atoms with van der Waals surface area (Å²) in [5.41, 5.74) is -0.916. The summed E-state index contributed by atoms with van der Waals surface area (Å²) in [6.45, 7) is 0. The topological polar surface area (TPSA) is 116 Å². The van der Waals surface area contributed by atoms with Gasteiger partial charge in [0, 0.05) is 11.8 Å². The minimum absolute atomic E-state index is 0.0303. The number of halogens is 1. The van der Waals surface area contributed by atoms with Crippen molar-refractivity contribution in [3.05, 3.63) is 64.0 Å². The Labute approximate surface area is 136 Å². The van der Waals surface area contributed by atoms with E-state index >= 15 is 0 Å². The highest BCUT2D eigenvalue weighted by molar-refractivity contribution is 7.92. The third-order valence-electron chi connectivity index (χ3n) is 2.96. The van der Waals surface area contributed by atoms with Crippen LogP contribution in [0.5, 0.6) is 0 Å². The second kappa shape index (κ2) is 6.62. The number of carbonyl (C=O) groups excluding carboxylic acids is 1. The molecule has 2 aromatic carbocycles. The number of carbonyl (C=O) groups is 1. The van der Waals surface area contributed by atoms with Crippen molar-refractivity contribution in [2.45, 2.75) is 4.90 Å². The molecule has 0 saturated heterocycles.